The fourth-order valence-electron chi connectivity index (χ4n) is 5.77. The lowest BCUT2D eigenvalue weighted by atomic mass is 10.0. The van der Waals surface area contributed by atoms with Gasteiger partial charge in [-0.3, -0.25) is 14.5 Å². The SMILES string of the molecule is Cc1cc(Oc2ccccc2)ccc1N1C(=O)Nc2c(C(=O)N[C@@H]3CCCN(C(=O)/C(F)=C/C4CC4)C3)sc3nccc1c23. The van der Waals surface area contributed by atoms with Gasteiger partial charge in [-0.1, -0.05) is 18.2 Å². The predicted octanol–water partition coefficient (Wildman–Crippen LogP) is 7.06. The zero-order valence-corrected chi connectivity index (χ0v) is 24.8. The Bertz CT molecular complexity index is 1820. The highest BCUT2D eigenvalue weighted by atomic mass is 32.1. The van der Waals surface area contributed by atoms with Gasteiger partial charge in [0.1, 0.15) is 21.2 Å². The molecular weight excluding hydrogens is 581 g/mol. The number of aromatic nitrogens is 1. The Morgan fingerprint density at radius 1 is 1.09 bits per heavy atom. The minimum atomic E-state index is -0.715. The first-order chi connectivity index (χ1) is 21.4. The van der Waals surface area contributed by atoms with Gasteiger partial charge in [0.15, 0.2) is 5.83 Å². The van der Waals surface area contributed by atoms with Gasteiger partial charge in [-0.05, 0) is 86.6 Å². The van der Waals surface area contributed by atoms with E-state index in [9.17, 15) is 18.8 Å². The van der Waals surface area contributed by atoms with Crippen molar-refractivity contribution in [3.63, 3.8) is 0 Å². The minimum absolute atomic E-state index is 0.158. The zero-order valence-electron chi connectivity index (χ0n) is 24.0. The van der Waals surface area contributed by atoms with Crippen LogP contribution in [0.15, 0.2) is 72.7 Å². The predicted molar refractivity (Wildman–Crippen MR) is 167 cm³/mol. The van der Waals surface area contributed by atoms with Crippen LogP contribution in [0.3, 0.4) is 0 Å². The third-order valence-corrected chi connectivity index (χ3v) is 9.19. The first kappa shape index (κ1) is 28.0. The standard InChI is InChI=1S/C33H30FN5O4S/c1-19-16-23(43-22-7-3-2-4-8-22)11-12-25(19)39-26-13-14-35-31-27(26)28(37-33(39)42)29(44-31)30(40)36-21-6-5-15-38(18-21)32(41)24(34)17-20-9-10-20/h2-4,7-8,11-14,16-17,20-21H,5-6,9-10,15,18H2,1H3,(H,36,40)(H,37,42)/b24-17-/t21-/m1/s1. The number of amides is 4. The van der Waals surface area contributed by atoms with E-state index in [1.165, 1.54) is 22.3 Å². The van der Waals surface area contributed by atoms with E-state index in [-0.39, 0.29) is 24.4 Å². The number of halogens is 1. The number of aryl methyl sites for hydroxylation is 1. The molecule has 4 aromatic rings. The van der Waals surface area contributed by atoms with Gasteiger partial charge in [0.25, 0.3) is 11.8 Å². The van der Waals surface area contributed by atoms with Crippen LogP contribution in [0.1, 0.15) is 40.9 Å². The van der Waals surface area contributed by atoms with Crippen LogP contribution in [0.4, 0.5) is 26.2 Å². The van der Waals surface area contributed by atoms with E-state index < -0.39 is 17.8 Å². The van der Waals surface area contributed by atoms with Gasteiger partial charge in [-0.2, -0.15) is 0 Å². The van der Waals surface area contributed by atoms with Crippen molar-refractivity contribution in [1.82, 2.24) is 15.2 Å². The molecule has 7 rings (SSSR count). The van der Waals surface area contributed by atoms with Crippen molar-refractivity contribution in [2.45, 2.75) is 38.6 Å². The highest BCUT2D eigenvalue weighted by Gasteiger charge is 2.35. The number of rotatable bonds is 7. The van der Waals surface area contributed by atoms with Gasteiger partial charge < -0.3 is 20.3 Å². The highest BCUT2D eigenvalue weighted by molar-refractivity contribution is 7.21. The molecule has 9 nitrogen and oxygen atoms in total. The van der Waals surface area contributed by atoms with Crippen molar-refractivity contribution in [2.24, 2.45) is 5.92 Å². The highest BCUT2D eigenvalue weighted by Crippen LogP contribution is 2.46. The molecule has 0 bridgehead atoms. The number of anilines is 3. The van der Waals surface area contributed by atoms with Crippen LogP contribution < -0.4 is 20.3 Å². The van der Waals surface area contributed by atoms with E-state index in [0.29, 0.717) is 63.0 Å². The smallest absolute Gasteiger partial charge is 0.331 e. The van der Waals surface area contributed by atoms with Crippen LogP contribution in [0.25, 0.3) is 10.2 Å². The molecule has 2 aromatic carbocycles. The Hall–Kier alpha value is -4.77. The fourth-order valence-corrected chi connectivity index (χ4v) is 6.80. The number of benzene rings is 2. The quantitative estimate of drug-likeness (QED) is 0.218. The van der Waals surface area contributed by atoms with Gasteiger partial charge >= 0.3 is 6.03 Å². The van der Waals surface area contributed by atoms with Crippen molar-refractivity contribution >= 4 is 56.5 Å². The Balaban J connectivity index is 1.12. The second-order valence-corrected chi connectivity index (χ2v) is 12.4. The van der Waals surface area contributed by atoms with E-state index in [1.54, 1.807) is 17.2 Å². The van der Waals surface area contributed by atoms with Crippen LogP contribution in [-0.4, -0.2) is 46.9 Å². The summed E-state index contributed by atoms with van der Waals surface area (Å²) in [7, 11) is 0. The molecule has 2 aliphatic heterocycles. The molecular formula is C33H30FN5O4S. The third-order valence-electron chi connectivity index (χ3n) is 8.09. The molecule has 1 saturated carbocycles. The Morgan fingerprint density at radius 3 is 2.68 bits per heavy atom. The molecule has 2 aromatic heterocycles. The first-order valence-electron chi connectivity index (χ1n) is 14.7. The summed E-state index contributed by atoms with van der Waals surface area (Å²) in [4.78, 5) is 48.3. The number of thiophene rings is 1. The third kappa shape index (κ3) is 5.39. The summed E-state index contributed by atoms with van der Waals surface area (Å²) in [6.07, 6.45) is 6.18. The van der Waals surface area contributed by atoms with Crippen LogP contribution in [0, 0.1) is 12.8 Å². The maximum Gasteiger partial charge on any atom is 0.331 e. The molecule has 11 heteroatoms. The Kier molecular flexibility index (Phi) is 7.25. The molecule has 1 saturated heterocycles. The summed E-state index contributed by atoms with van der Waals surface area (Å²) in [6.45, 7) is 2.58. The normalized spacial score (nSPS) is 18.3. The van der Waals surface area contributed by atoms with E-state index in [0.717, 1.165) is 18.4 Å². The maximum absolute atomic E-state index is 14.4. The van der Waals surface area contributed by atoms with E-state index >= 15 is 0 Å². The Labute approximate surface area is 257 Å². The molecule has 4 amide bonds. The van der Waals surface area contributed by atoms with Crippen molar-refractivity contribution in [1.29, 1.82) is 0 Å². The molecule has 44 heavy (non-hydrogen) atoms. The number of likely N-dealkylation sites (tertiary alicyclic amines) is 1. The molecule has 1 aliphatic carbocycles. The Morgan fingerprint density at radius 2 is 1.91 bits per heavy atom. The van der Waals surface area contributed by atoms with Crippen molar-refractivity contribution in [2.75, 3.05) is 23.3 Å². The lowest BCUT2D eigenvalue weighted by molar-refractivity contribution is -0.130. The number of allylic oxidation sites excluding steroid dienone is 1. The summed E-state index contributed by atoms with van der Waals surface area (Å²) >= 11 is 1.20. The monoisotopic (exact) mass is 611 g/mol. The molecule has 1 atom stereocenters. The average molecular weight is 612 g/mol. The summed E-state index contributed by atoms with van der Waals surface area (Å²) in [5, 5.41) is 6.62. The van der Waals surface area contributed by atoms with Gasteiger partial charge in [-0.15, -0.1) is 11.3 Å². The van der Waals surface area contributed by atoms with Crippen LogP contribution in [-0.2, 0) is 4.79 Å². The number of hydrogen-bond acceptors (Lipinski definition) is 6. The van der Waals surface area contributed by atoms with E-state index in [4.69, 9.17) is 4.74 Å². The number of nitrogens with zero attached hydrogens (tertiary/aromatic N) is 3. The van der Waals surface area contributed by atoms with Gasteiger partial charge in [0.05, 0.1) is 22.4 Å². The molecule has 0 radical (unpaired) electrons. The van der Waals surface area contributed by atoms with Crippen LogP contribution in [0.2, 0.25) is 0 Å². The zero-order chi connectivity index (χ0) is 30.4. The van der Waals surface area contributed by atoms with Crippen LogP contribution in [0.5, 0.6) is 11.5 Å². The van der Waals surface area contributed by atoms with Crippen molar-refractivity contribution in [3.8, 4) is 11.5 Å². The van der Waals surface area contributed by atoms with E-state index in [2.05, 4.69) is 15.6 Å². The average Bonchev–Trinajstić information content (AvgIpc) is 3.76. The summed E-state index contributed by atoms with van der Waals surface area (Å²) in [5.41, 5.74) is 2.54. The lowest BCUT2D eigenvalue weighted by Crippen LogP contribution is -2.49. The minimum Gasteiger partial charge on any atom is -0.457 e. The first-order valence-corrected chi connectivity index (χ1v) is 15.5. The second kappa shape index (κ2) is 11.4. The van der Waals surface area contributed by atoms with Gasteiger partial charge in [0.2, 0.25) is 0 Å². The van der Waals surface area contributed by atoms with Crippen LogP contribution >= 0.6 is 11.3 Å². The lowest BCUT2D eigenvalue weighted by Gasteiger charge is -2.33. The summed E-state index contributed by atoms with van der Waals surface area (Å²) < 4.78 is 20.4. The van der Waals surface area contributed by atoms with Crippen molar-refractivity contribution < 1.29 is 23.5 Å². The topological polar surface area (TPSA) is 104 Å². The molecule has 2 N–H and O–H groups in total. The number of hydrogen-bond donors (Lipinski definition) is 2. The maximum atomic E-state index is 14.4. The fraction of sp³-hybridized carbons (Fsp3) is 0.273. The number of para-hydroxylation sites is 1. The van der Waals surface area contributed by atoms with Gasteiger partial charge in [0, 0.05) is 25.3 Å². The number of carbonyl (C=O) groups excluding carboxylic acids is 3. The summed E-state index contributed by atoms with van der Waals surface area (Å²) in [5.74, 6) is -0.184. The molecule has 3 aliphatic rings. The van der Waals surface area contributed by atoms with Gasteiger partial charge in [-0.25, -0.2) is 14.2 Å². The number of pyridine rings is 1. The van der Waals surface area contributed by atoms with E-state index in [1.807, 2.05) is 55.5 Å². The summed E-state index contributed by atoms with van der Waals surface area (Å²) in [6, 6.07) is 16.0. The number of urea groups is 1. The molecule has 4 heterocycles. The molecule has 2 fully saturated rings. The second-order valence-electron chi connectivity index (χ2n) is 11.4. The number of nitrogens with one attached hydrogen (secondary N) is 2. The molecule has 224 valence electrons. The number of piperidine rings is 1. The number of ether oxygens (including phenoxy) is 1. The molecule has 0 unspecified atom stereocenters. The van der Waals surface area contributed by atoms with Crippen molar-refractivity contribution in [3.05, 3.63) is 83.1 Å². The number of carbonyl (C=O) groups is 3. The largest absolute Gasteiger partial charge is 0.457 e. The molecule has 0 spiro atoms.